The van der Waals surface area contributed by atoms with Gasteiger partial charge in [0.2, 0.25) is 5.91 Å². The number of nitrogens with one attached hydrogen (secondary N) is 1. The molecule has 0 bridgehead atoms. The molecule has 2 aromatic rings. The molecule has 1 aliphatic rings. The van der Waals surface area contributed by atoms with Crippen molar-refractivity contribution in [2.75, 3.05) is 11.1 Å². The van der Waals surface area contributed by atoms with Crippen LogP contribution in [0.4, 0.5) is 15.8 Å². The number of carbonyl (C=O) groups is 1. The topological polar surface area (TPSA) is 64.3 Å². The van der Waals surface area contributed by atoms with Crippen LogP contribution >= 0.6 is 0 Å². The van der Waals surface area contributed by atoms with Gasteiger partial charge in [-0.15, -0.1) is 0 Å². The molecule has 0 radical (unpaired) electrons. The van der Waals surface area contributed by atoms with Gasteiger partial charge in [-0.25, -0.2) is 4.39 Å². The van der Waals surface area contributed by atoms with Crippen molar-refractivity contribution in [3.63, 3.8) is 0 Å². The zero-order chi connectivity index (χ0) is 14.8. The number of benzene rings is 2. The molecule has 21 heavy (non-hydrogen) atoms. The Morgan fingerprint density at radius 2 is 2.05 bits per heavy atom. The summed E-state index contributed by atoms with van der Waals surface area (Å²) in [7, 11) is 0. The monoisotopic (exact) mass is 286 g/mol. The lowest BCUT2D eigenvalue weighted by Crippen LogP contribution is -2.19. The van der Waals surface area contributed by atoms with Crippen LogP contribution < -0.4 is 15.8 Å². The normalized spacial score (nSPS) is 13.5. The van der Waals surface area contributed by atoms with Crippen LogP contribution in [0.3, 0.4) is 0 Å². The standard InChI is InChI=1S/C16H15FN2O2/c17-12-4-2-1-3-11(12)9-21-15-7-10-5-6-16(20)19-14(10)8-13(15)18/h1-4,7-8H,5-6,9,18H2,(H,19,20). The van der Waals surface area contributed by atoms with Crippen molar-refractivity contribution >= 4 is 17.3 Å². The molecule has 0 saturated heterocycles. The molecule has 1 amide bonds. The van der Waals surface area contributed by atoms with Gasteiger partial charge in [0.15, 0.2) is 0 Å². The summed E-state index contributed by atoms with van der Waals surface area (Å²) in [6, 6.07) is 9.95. The fourth-order valence-electron chi connectivity index (χ4n) is 2.32. The van der Waals surface area contributed by atoms with E-state index in [-0.39, 0.29) is 18.3 Å². The van der Waals surface area contributed by atoms with E-state index in [4.69, 9.17) is 10.5 Å². The zero-order valence-corrected chi connectivity index (χ0v) is 11.4. The molecule has 0 aromatic heterocycles. The van der Waals surface area contributed by atoms with Gasteiger partial charge in [0.25, 0.3) is 0 Å². The molecule has 0 atom stereocenters. The summed E-state index contributed by atoms with van der Waals surface area (Å²) in [4.78, 5) is 11.3. The Bertz CT molecular complexity index is 701. The van der Waals surface area contributed by atoms with Crippen LogP contribution in [-0.4, -0.2) is 5.91 Å². The van der Waals surface area contributed by atoms with Crippen molar-refractivity contribution in [1.82, 2.24) is 0 Å². The lowest BCUT2D eigenvalue weighted by Gasteiger charge is -2.19. The Kier molecular flexibility index (Phi) is 3.48. The summed E-state index contributed by atoms with van der Waals surface area (Å²) in [5.41, 5.74) is 8.52. The van der Waals surface area contributed by atoms with Gasteiger partial charge in [0.1, 0.15) is 18.2 Å². The number of anilines is 2. The van der Waals surface area contributed by atoms with E-state index in [0.717, 1.165) is 11.3 Å². The van der Waals surface area contributed by atoms with Crippen molar-refractivity contribution in [1.29, 1.82) is 0 Å². The molecule has 0 spiro atoms. The molecule has 2 aromatic carbocycles. The van der Waals surface area contributed by atoms with Crippen LogP contribution in [0.25, 0.3) is 0 Å². The summed E-state index contributed by atoms with van der Waals surface area (Å²) in [6.07, 6.45) is 1.10. The summed E-state index contributed by atoms with van der Waals surface area (Å²) < 4.78 is 19.2. The number of ether oxygens (including phenoxy) is 1. The minimum Gasteiger partial charge on any atom is -0.487 e. The van der Waals surface area contributed by atoms with Crippen LogP contribution in [0.15, 0.2) is 36.4 Å². The fourth-order valence-corrected chi connectivity index (χ4v) is 2.32. The average molecular weight is 286 g/mol. The van der Waals surface area contributed by atoms with Gasteiger partial charge in [0, 0.05) is 17.7 Å². The molecule has 3 N–H and O–H groups in total. The van der Waals surface area contributed by atoms with Gasteiger partial charge in [-0.3, -0.25) is 4.79 Å². The molecule has 0 saturated carbocycles. The van der Waals surface area contributed by atoms with Crippen LogP contribution in [0.5, 0.6) is 5.75 Å². The maximum atomic E-state index is 13.6. The maximum absolute atomic E-state index is 13.6. The minimum atomic E-state index is -0.304. The highest BCUT2D eigenvalue weighted by Crippen LogP contribution is 2.33. The third-order valence-corrected chi connectivity index (χ3v) is 3.47. The number of nitrogen functional groups attached to an aromatic ring is 1. The molecular formula is C16H15FN2O2. The number of carbonyl (C=O) groups excluding carboxylic acids is 1. The Morgan fingerprint density at radius 1 is 1.24 bits per heavy atom. The quantitative estimate of drug-likeness (QED) is 0.853. The summed E-state index contributed by atoms with van der Waals surface area (Å²) in [6.45, 7) is 0.113. The number of fused-ring (bicyclic) bond motifs is 1. The number of amides is 1. The lowest BCUT2D eigenvalue weighted by atomic mass is 10.0. The Morgan fingerprint density at radius 3 is 2.86 bits per heavy atom. The number of hydrogen-bond donors (Lipinski definition) is 2. The molecule has 0 aliphatic carbocycles. The number of aryl methyl sites for hydroxylation is 1. The van der Waals surface area contributed by atoms with Gasteiger partial charge >= 0.3 is 0 Å². The van der Waals surface area contributed by atoms with E-state index in [2.05, 4.69) is 5.32 Å². The Balaban J connectivity index is 1.80. The first-order valence-electron chi connectivity index (χ1n) is 6.72. The van der Waals surface area contributed by atoms with Gasteiger partial charge < -0.3 is 15.8 Å². The smallest absolute Gasteiger partial charge is 0.224 e. The number of hydrogen-bond acceptors (Lipinski definition) is 3. The zero-order valence-electron chi connectivity index (χ0n) is 11.4. The third kappa shape index (κ3) is 2.81. The highest BCUT2D eigenvalue weighted by atomic mass is 19.1. The second-order valence-electron chi connectivity index (χ2n) is 4.98. The minimum absolute atomic E-state index is 0.0121. The summed E-state index contributed by atoms with van der Waals surface area (Å²) in [5, 5.41) is 2.78. The van der Waals surface area contributed by atoms with Crippen LogP contribution in [0.2, 0.25) is 0 Å². The van der Waals surface area contributed by atoms with E-state index < -0.39 is 0 Å². The summed E-state index contributed by atoms with van der Waals surface area (Å²) >= 11 is 0. The van der Waals surface area contributed by atoms with Gasteiger partial charge in [0.05, 0.1) is 5.69 Å². The molecule has 0 unspecified atom stereocenters. The average Bonchev–Trinajstić information content (AvgIpc) is 2.46. The van der Waals surface area contributed by atoms with Crippen LogP contribution in [-0.2, 0) is 17.8 Å². The first-order valence-corrected chi connectivity index (χ1v) is 6.72. The van der Waals surface area contributed by atoms with Gasteiger partial charge in [-0.1, -0.05) is 18.2 Å². The Labute approximate surface area is 121 Å². The second kappa shape index (κ2) is 5.44. The Hall–Kier alpha value is -2.56. The van der Waals surface area contributed by atoms with Crippen molar-refractivity contribution in [3.05, 3.63) is 53.3 Å². The predicted molar refractivity (Wildman–Crippen MR) is 78.5 cm³/mol. The van der Waals surface area contributed by atoms with Gasteiger partial charge in [-0.2, -0.15) is 0 Å². The van der Waals surface area contributed by atoms with Gasteiger partial charge in [-0.05, 0) is 30.2 Å². The third-order valence-electron chi connectivity index (χ3n) is 3.47. The molecule has 108 valence electrons. The molecular weight excluding hydrogens is 271 g/mol. The van der Waals surface area contributed by atoms with E-state index in [9.17, 15) is 9.18 Å². The van der Waals surface area contributed by atoms with Crippen LogP contribution in [0.1, 0.15) is 17.5 Å². The van der Waals surface area contributed by atoms with Crippen LogP contribution in [0, 0.1) is 5.82 Å². The van der Waals surface area contributed by atoms with E-state index in [1.807, 2.05) is 6.07 Å². The molecule has 1 aliphatic heterocycles. The van der Waals surface area contributed by atoms with Crippen molar-refractivity contribution < 1.29 is 13.9 Å². The van der Waals surface area contributed by atoms with Crippen molar-refractivity contribution in [2.45, 2.75) is 19.4 Å². The molecule has 5 heteroatoms. The maximum Gasteiger partial charge on any atom is 0.224 e. The number of nitrogens with two attached hydrogens (primary N) is 1. The predicted octanol–water partition coefficient (Wildman–Crippen LogP) is 2.87. The number of halogens is 1. The first-order chi connectivity index (χ1) is 10.1. The fraction of sp³-hybridized carbons (Fsp3) is 0.188. The molecule has 4 nitrogen and oxygen atoms in total. The van der Waals surface area contributed by atoms with Crippen molar-refractivity contribution in [2.24, 2.45) is 0 Å². The molecule has 1 heterocycles. The molecule has 0 fully saturated rings. The van der Waals surface area contributed by atoms with E-state index in [0.29, 0.717) is 29.8 Å². The van der Waals surface area contributed by atoms with Crippen molar-refractivity contribution in [3.8, 4) is 5.75 Å². The highest BCUT2D eigenvalue weighted by Gasteiger charge is 2.17. The van der Waals surface area contributed by atoms with E-state index in [1.165, 1.54) is 6.07 Å². The largest absolute Gasteiger partial charge is 0.487 e. The first kappa shape index (κ1) is 13.4. The second-order valence-corrected chi connectivity index (χ2v) is 4.98. The number of rotatable bonds is 3. The molecule has 3 rings (SSSR count). The van der Waals surface area contributed by atoms with E-state index >= 15 is 0 Å². The van der Waals surface area contributed by atoms with E-state index in [1.54, 1.807) is 24.3 Å². The summed E-state index contributed by atoms with van der Waals surface area (Å²) in [5.74, 6) is 0.191. The SMILES string of the molecule is Nc1cc2c(cc1OCc1ccccc1F)CCC(=O)N2. The highest BCUT2D eigenvalue weighted by molar-refractivity contribution is 5.94. The lowest BCUT2D eigenvalue weighted by molar-refractivity contribution is -0.116.